The van der Waals surface area contributed by atoms with E-state index in [9.17, 15) is 14.4 Å². The van der Waals surface area contributed by atoms with Crippen LogP contribution in [-0.4, -0.2) is 30.9 Å². The average molecular weight is 332 g/mol. The molecule has 130 valence electrons. The van der Waals surface area contributed by atoms with Crippen LogP contribution in [0.4, 0.5) is 0 Å². The van der Waals surface area contributed by atoms with Crippen LogP contribution in [0.3, 0.4) is 0 Å². The van der Waals surface area contributed by atoms with Crippen molar-refractivity contribution in [2.75, 3.05) is 13.2 Å². The second-order valence-electron chi connectivity index (χ2n) is 5.44. The van der Waals surface area contributed by atoms with E-state index in [4.69, 9.17) is 9.47 Å². The fourth-order valence-corrected chi connectivity index (χ4v) is 2.08. The molecule has 0 aliphatic rings. The van der Waals surface area contributed by atoms with E-state index in [1.807, 2.05) is 6.07 Å². The van der Waals surface area contributed by atoms with Gasteiger partial charge in [-0.05, 0) is 27.2 Å². The number of carbonyl (C=O) groups excluding carboxylic acids is 3. The van der Waals surface area contributed by atoms with Crippen molar-refractivity contribution in [3.05, 3.63) is 48.0 Å². The van der Waals surface area contributed by atoms with Crippen LogP contribution in [0, 0.1) is 5.41 Å². The van der Waals surface area contributed by atoms with Crippen molar-refractivity contribution in [2.45, 2.75) is 33.6 Å². The van der Waals surface area contributed by atoms with Gasteiger partial charge in [-0.1, -0.05) is 42.5 Å². The highest BCUT2D eigenvalue weighted by molar-refractivity contribution is 6.00. The first kappa shape index (κ1) is 19.6. The van der Waals surface area contributed by atoms with E-state index < -0.39 is 17.4 Å². The van der Waals surface area contributed by atoms with E-state index in [1.165, 1.54) is 6.92 Å². The van der Waals surface area contributed by atoms with E-state index in [-0.39, 0.29) is 31.8 Å². The lowest BCUT2D eigenvalue weighted by molar-refractivity contribution is -0.170. The maximum atomic E-state index is 12.1. The number of rotatable bonds is 9. The summed E-state index contributed by atoms with van der Waals surface area (Å²) in [5.41, 5.74) is -0.779. The monoisotopic (exact) mass is 332 g/mol. The standard InChI is InChI=1S/C19H24O5/c1-4-23-17(21)19(3,18(22)24-5-2)14-10-9-13-16(20)15-11-7-6-8-12-15/h6-12H,4-5,13-14H2,1-3H3/b10-9+. The number of allylic oxidation sites excluding steroid dienone is 2. The predicted octanol–water partition coefficient (Wildman–Crippen LogP) is 3.34. The first-order chi connectivity index (χ1) is 11.5. The molecule has 0 aliphatic carbocycles. The molecule has 1 aromatic carbocycles. The topological polar surface area (TPSA) is 69.7 Å². The summed E-state index contributed by atoms with van der Waals surface area (Å²) in [6.45, 7) is 5.22. The van der Waals surface area contributed by atoms with Crippen LogP contribution >= 0.6 is 0 Å². The lowest BCUT2D eigenvalue weighted by Gasteiger charge is -2.23. The van der Waals surface area contributed by atoms with Crippen molar-refractivity contribution in [1.29, 1.82) is 0 Å². The molecule has 1 aromatic rings. The number of ketones is 1. The van der Waals surface area contributed by atoms with Gasteiger partial charge >= 0.3 is 11.9 Å². The number of benzene rings is 1. The van der Waals surface area contributed by atoms with Crippen LogP contribution in [0.5, 0.6) is 0 Å². The average Bonchev–Trinajstić information content (AvgIpc) is 2.59. The molecule has 0 spiro atoms. The van der Waals surface area contributed by atoms with Gasteiger partial charge in [-0.3, -0.25) is 14.4 Å². The Kier molecular flexibility index (Phi) is 7.89. The molecule has 0 unspecified atom stereocenters. The third kappa shape index (κ3) is 5.33. The first-order valence-corrected chi connectivity index (χ1v) is 8.03. The van der Waals surface area contributed by atoms with Crippen LogP contribution in [-0.2, 0) is 19.1 Å². The Bertz CT molecular complexity index is 571. The minimum Gasteiger partial charge on any atom is -0.465 e. The van der Waals surface area contributed by atoms with Crippen LogP contribution in [0.2, 0.25) is 0 Å². The Balaban J connectivity index is 2.72. The van der Waals surface area contributed by atoms with Crippen molar-refractivity contribution in [3.63, 3.8) is 0 Å². The number of ether oxygens (including phenoxy) is 2. The zero-order valence-electron chi connectivity index (χ0n) is 14.4. The largest absolute Gasteiger partial charge is 0.465 e. The normalized spacial score (nSPS) is 11.3. The van der Waals surface area contributed by atoms with E-state index in [1.54, 1.807) is 50.3 Å². The summed E-state index contributed by atoms with van der Waals surface area (Å²) in [7, 11) is 0. The summed E-state index contributed by atoms with van der Waals surface area (Å²) in [6.07, 6.45) is 3.62. The van der Waals surface area contributed by atoms with E-state index >= 15 is 0 Å². The Hall–Kier alpha value is -2.43. The summed E-state index contributed by atoms with van der Waals surface area (Å²) >= 11 is 0. The molecule has 0 atom stereocenters. The van der Waals surface area contributed by atoms with Crippen molar-refractivity contribution < 1.29 is 23.9 Å². The van der Waals surface area contributed by atoms with Gasteiger partial charge in [0.1, 0.15) is 0 Å². The molecule has 0 amide bonds. The first-order valence-electron chi connectivity index (χ1n) is 8.03. The molecular formula is C19H24O5. The van der Waals surface area contributed by atoms with Crippen LogP contribution in [0.25, 0.3) is 0 Å². The molecule has 0 heterocycles. The summed E-state index contributed by atoms with van der Waals surface area (Å²) in [5, 5.41) is 0. The van der Waals surface area contributed by atoms with Gasteiger partial charge < -0.3 is 9.47 Å². The highest BCUT2D eigenvalue weighted by Crippen LogP contribution is 2.26. The molecule has 5 nitrogen and oxygen atoms in total. The molecular weight excluding hydrogens is 308 g/mol. The minimum atomic E-state index is -1.40. The third-order valence-corrected chi connectivity index (χ3v) is 3.54. The molecule has 0 saturated carbocycles. The molecule has 0 bridgehead atoms. The second-order valence-corrected chi connectivity index (χ2v) is 5.44. The molecule has 0 aromatic heterocycles. The molecule has 0 radical (unpaired) electrons. The minimum absolute atomic E-state index is 0.0270. The molecule has 5 heteroatoms. The van der Waals surface area contributed by atoms with Gasteiger partial charge in [-0.25, -0.2) is 0 Å². The van der Waals surface area contributed by atoms with E-state index in [0.717, 1.165) is 0 Å². The molecule has 0 fully saturated rings. The van der Waals surface area contributed by atoms with Gasteiger partial charge in [0.15, 0.2) is 11.2 Å². The molecule has 1 rings (SSSR count). The molecule has 0 saturated heterocycles. The van der Waals surface area contributed by atoms with Gasteiger partial charge in [0.2, 0.25) is 0 Å². The number of carbonyl (C=O) groups is 3. The molecule has 24 heavy (non-hydrogen) atoms. The summed E-state index contributed by atoms with van der Waals surface area (Å²) < 4.78 is 9.96. The van der Waals surface area contributed by atoms with Crippen LogP contribution < -0.4 is 0 Å². The summed E-state index contributed by atoms with van der Waals surface area (Å²) in [4.78, 5) is 36.2. The van der Waals surface area contributed by atoms with E-state index in [2.05, 4.69) is 0 Å². The Morgan fingerprint density at radius 3 is 2.00 bits per heavy atom. The lowest BCUT2D eigenvalue weighted by Crippen LogP contribution is -2.39. The van der Waals surface area contributed by atoms with Gasteiger partial charge in [0.25, 0.3) is 0 Å². The van der Waals surface area contributed by atoms with Crippen LogP contribution in [0.1, 0.15) is 44.0 Å². The highest BCUT2D eigenvalue weighted by atomic mass is 16.6. The van der Waals surface area contributed by atoms with Gasteiger partial charge in [-0.2, -0.15) is 0 Å². The van der Waals surface area contributed by atoms with Gasteiger partial charge in [0.05, 0.1) is 13.2 Å². The van der Waals surface area contributed by atoms with Crippen molar-refractivity contribution in [2.24, 2.45) is 5.41 Å². The maximum Gasteiger partial charge on any atom is 0.323 e. The fourth-order valence-electron chi connectivity index (χ4n) is 2.08. The number of esters is 2. The van der Waals surface area contributed by atoms with Gasteiger partial charge in [0, 0.05) is 12.0 Å². The van der Waals surface area contributed by atoms with Crippen molar-refractivity contribution >= 4 is 17.7 Å². The fraction of sp³-hybridized carbons (Fsp3) is 0.421. The molecule has 0 N–H and O–H groups in total. The summed E-state index contributed by atoms with van der Waals surface area (Å²) in [6, 6.07) is 8.94. The van der Waals surface area contributed by atoms with Crippen LogP contribution in [0.15, 0.2) is 42.5 Å². The zero-order valence-corrected chi connectivity index (χ0v) is 14.4. The SMILES string of the molecule is CCOC(=O)C(C)(C/C=C/CC(=O)c1ccccc1)C(=O)OCC. The third-order valence-electron chi connectivity index (χ3n) is 3.54. The number of Topliss-reactive ketones (excluding diaryl/α,β-unsaturated/α-hetero) is 1. The molecule has 0 aliphatic heterocycles. The van der Waals surface area contributed by atoms with Gasteiger partial charge in [-0.15, -0.1) is 0 Å². The smallest absolute Gasteiger partial charge is 0.323 e. The predicted molar refractivity (Wildman–Crippen MR) is 90.5 cm³/mol. The Labute approximate surface area is 142 Å². The number of hydrogen-bond donors (Lipinski definition) is 0. The number of hydrogen-bond acceptors (Lipinski definition) is 5. The van der Waals surface area contributed by atoms with Crippen molar-refractivity contribution in [3.8, 4) is 0 Å². The maximum absolute atomic E-state index is 12.1. The lowest BCUT2D eigenvalue weighted by atomic mass is 9.86. The Morgan fingerprint density at radius 1 is 0.958 bits per heavy atom. The van der Waals surface area contributed by atoms with Crippen molar-refractivity contribution in [1.82, 2.24) is 0 Å². The highest BCUT2D eigenvalue weighted by Gasteiger charge is 2.43. The Morgan fingerprint density at radius 2 is 1.50 bits per heavy atom. The zero-order chi connectivity index (χ0) is 18.0. The second kappa shape index (κ2) is 9.65. The van der Waals surface area contributed by atoms with E-state index in [0.29, 0.717) is 5.56 Å². The quantitative estimate of drug-likeness (QED) is 0.300. The summed E-state index contributed by atoms with van der Waals surface area (Å²) in [5.74, 6) is -1.27.